The number of benzene rings is 3. The molecule has 136 valence electrons. The van der Waals surface area contributed by atoms with Gasteiger partial charge in [-0.25, -0.2) is 0 Å². The lowest BCUT2D eigenvalue weighted by atomic mass is 9.93. The van der Waals surface area contributed by atoms with Crippen LogP contribution in [0.3, 0.4) is 0 Å². The van der Waals surface area contributed by atoms with Crippen LogP contribution >= 0.6 is 0 Å². The largest absolute Gasteiger partial charge is 0.457 e. The van der Waals surface area contributed by atoms with E-state index in [4.69, 9.17) is 4.74 Å². The van der Waals surface area contributed by atoms with Gasteiger partial charge in [0.15, 0.2) is 0 Å². The molecule has 0 aliphatic carbocycles. The first-order valence-electron chi connectivity index (χ1n) is 8.86. The third kappa shape index (κ3) is 3.06. The van der Waals surface area contributed by atoms with Crippen LogP contribution in [0.5, 0.6) is 11.5 Å². The highest BCUT2D eigenvalue weighted by Gasteiger charge is 2.33. The van der Waals surface area contributed by atoms with Gasteiger partial charge in [0.1, 0.15) is 11.5 Å². The van der Waals surface area contributed by atoms with E-state index in [1.807, 2.05) is 61.5 Å². The standard InChI is InChI=1S/C22H20N2O3/c1-23(2)13-14-24-21(25)17-10-6-9-16-19(27-15-7-4-3-5-8-15)12-11-18(20(16)17)22(24)26/h3-12H,13-14H2,1-2H3. The van der Waals surface area contributed by atoms with Crippen molar-refractivity contribution in [1.82, 2.24) is 9.80 Å². The van der Waals surface area contributed by atoms with Crippen LogP contribution in [0.4, 0.5) is 0 Å². The van der Waals surface area contributed by atoms with E-state index >= 15 is 0 Å². The predicted molar refractivity (Wildman–Crippen MR) is 104 cm³/mol. The van der Waals surface area contributed by atoms with E-state index < -0.39 is 0 Å². The van der Waals surface area contributed by atoms with Crippen molar-refractivity contribution in [2.45, 2.75) is 0 Å². The highest BCUT2D eigenvalue weighted by atomic mass is 16.5. The van der Waals surface area contributed by atoms with Gasteiger partial charge in [-0.15, -0.1) is 0 Å². The van der Waals surface area contributed by atoms with Gasteiger partial charge in [-0.2, -0.15) is 0 Å². The van der Waals surface area contributed by atoms with Gasteiger partial charge < -0.3 is 9.64 Å². The molecule has 0 radical (unpaired) electrons. The van der Waals surface area contributed by atoms with Crippen LogP contribution in [0, 0.1) is 0 Å². The number of carbonyl (C=O) groups is 2. The Bertz CT molecular complexity index is 1010. The van der Waals surface area contributed by atoms with Crippen molar-refractivity contribution < 1.29 is 14.3 Å². The molecule has 5 nitrogen and oxygen atoms in total. The molecule has 1 aliphatic heterocycles. The summed E-state index contributed by atoms with van der Waals surface area (Å²) in [6.07, 6.45) is 0. The molecule has 3 aromatic carbocycles. The average Bonchev–Trinajstić information content (AvgIpc) is 2.67. The van der Waals surface area contributed by atoms with E-state index in [-0.39, 0.29) is 11.8 Å². The highest BCUT2D eigenvalue weighted by Crippen LogP contribution is 2.37. The zero-order valence-electron chi connectivity index (χ0n) is 15.3. The molecule has 0 aromatic heterocycles. The van der Waals surface area contributed by atoms with Crippen LogP contribution in [0.1, 0.15) is 20.7 Å². The van der Waals surface area contributed by atoms with Crippen molar-refractivity contribution in [2.75, 3.05) is 27.2 Å². The zero-order valence-corrected chi connectivity index (χ0v) is 15.3. The first-order chi connectivity index (χ1) is 13.1. The maximum Gasteiger partial charge on any atom is 0.261 e. The molecule has 2 amide bonds. The molecule has 0 fully saturated rings. The maximum atomic E-state index is 12.9. The number of para-hydroxylation sites is 1. The summed E-state index contributed by atoms with van der Waals surface area (Å²) in [5.41, 5.74) is 1.08. The third-order valence-corrected chi connectivity index (χ3v) is 4.69. The second kappa shape index (κ2) is 6.85. The fourth-order valence-electron chi connectivity index (χ4n) is 3.33. The number of hydrogen-bond donors (Lipinski definition) is 0. The van der Waals surface area contributed by atoms with Crippen molar-refractivity contribution >= 4 is 22.6 Å². The number of imide groups is 1. The summed E-state index contributed by atoms with van der Waals surface area (Å²) in [5.74, 6) is 0.831. The summed E-state index contributed by atoms with van der Waals surface area (Å²) in [6.45, 7) is 0.987. The molecule has 0 N–H and O–H groups in total. The molecule has 1 aliphatic rings. The van der Waals surface area contributed by atoms with E-state index in [9.17, 15) is 9.59 Å². The first-order valence-corrected chi connectivity index (χ1v) is 8.86. The second-order valence-electron chi connectivity index (χ2n) is 6.82. The third-order valence-electron chi connectivity index (χ3n) is 4.69. The number of likely N-dealkylation sites (N-methyl/N-ethyl adjacent to an activating group) is 1. The number of carbonyl (C=O) groups excluding carboxylic acids is 2. The van der Waals surface area contributed by atoms with E-state index in [1.54, 1.807) is 18.2 Å². The highest BCUT2D eigenvalue weighted by molar-refractivity contribution is 6.26. The van der Waals surface area contributed by atoms with Crippen LogP contribution in [0.15, 0.2) is 60.7 Å². The molecule has 0 spiro atoms. The molecule has 27 heavy (non-hydrogen) atoms. The Morgan fingerprint density at radius 1 is 0.852 bits per heavy atom. The van der Waals surface area contributed by atoms with Gasteiger partial charge in [-0.1, -0.05) is 30.3 Å². The molecule has 0 saturated heterocycles. The Morgan fingerprint density at radius 2 is 1.56 bits per heavy atom. The molecule has 4 rings (SSSR count). The molecular weight excluding hydrogens is 340 g/mol. The van der Waals surface area contributed by atoms with Gasteiger partial charge in [-0.3, -0.25) is 14.5 Å². The minimum atomic E-state index is -0.253. The summed E-state index contributed by atoms with van der Waals surface area (Å²) >= 11 is 0. The molecular formula is C22H20N2O3. The van der Waals surface area contributed by atoms with Crippen LogP contribution in [-0.4, -0.2) is 48.8 Å². The average molecular weight is 360 g/mol. The molecule has 1 heterocycles. The van der Waals surface area contributed by atoms with Crippen molar-refractivity contribution in [3.05, 3.63) is 71.8 Å². The predicted octanol–water partition coefficient (Wildman–Crippen LogP) is 3.79. The SMILES string of the molecule is CN(C)CCN1C(=O)c2cccc3c(Oc4ccccc4)ccc(c23)C1=O. The lowest BCUT2D eigenvalue weighted by molar-refractivity contribution is 0.0601. The summed E-state index contributed by atoms with van der Waals surface area (Å²) in [4.78, 5) is 29.2. The Balaban J connectivity index is 1.79. The van der Waals surface area contributed by atoms with Gasteiger partial charge in [0.05, 0.1) is 0 Å². The summed E-state index contributed by atoms with van der Waals surface area (Å²) < 4.78 is 6.00. The lowest BCUT2D eigenvalue weighted by Gasteiger charge is -2.28. The molecule has 0 saturated carbocycles. The number of amides is 2. The first kappa shape index (κ1) is 17.2. The second-order valence-corrected chi connectivity index (χ2v) is 6.82. The number of ether oxygens (including phenoxy) is 1. The van der Waals surface area contributed by atoms with Gasteiger partial charge in [0.25, 0.3) is 11.8 Å². The summed E-state index contributed by atoms with van der Waals surface area (Å²) in [5, 5.41) is 1.44. The molecule has 0 atom stereocenters. The van der Waals surface area contributed by atoms with Crippen LogP contribution in [0.2, 0.25) is 0 Å². The topological polar surface area (TPSA) is 49.9 Å². The minimum Gasteiger partial charge on any atom is -0.457 e. The van der Waals surface area contributed by atoms with E-state index in [2.05, 4.69) is 0 Å². The Labute approximate surface area is 157 Å². The van der Waals surface area contributed by atoms with Crippen molar-refractivity contribution in [3.8, 4) is 11.5 Å². The van der Waals surface area contributed by atoms with E-state index in [0.717, 1.165) is 5.39 Å². The zero-order chi connectivity index (χ0) is 19.0. The summed E-state index contributed by atoms with van der Waals surface area (Å²) in [7, 11) is 3.83. The monoisotopic (exact) mass is 360 g/mol. The fourth-order valence-corrected chi connectivity index (χ4v) is 3.33. The lowest BCUT2D eigenvalue weighted by Crippen LogP contribution is -2.43. The maximum absolute atomic E-state index is 12.9. The fraction of sp³-hybridized carbons (Fsp3) is 0.182. The Morgan fingerprint density at radius 3 is 2.26 bits per heavy atom. The molecule has 0 bridgehead atoms. The normalized spacial score (nSPS) is 13.5. The van der Waals surface area contributed by atoms with Crippen molar-refractivity contribution in [1.29, 1.82) is 0 Å². The van der Waals surface area contributed by atoms with Crippen molar-refractivity contribution in [3.63, 3.8) is 0 Å². The number of hydrogen-bond acceptors (Lipinski definition) is 4. The van der Waals surface area contributed by atoms with E-state index in [0.29, 0.717) is 41.1 Å². The van der Waals surface area contributed by atoms with Crippen LogP contribution < -0.4 is 4.74 Å². The minimum absolute atomic E-state index is 0.253. The van der Waals surface area contributed by atoms with Gasteiger partial charge in [-0.05, 0) is 44.4 Å². The molecule has 0 unspecified atom stereocenters. The Kier molecular flexibility index (Phi) is 4.38. The van der Waals surface area contributed by atoms with Crippen molar-refractivity contribution in [2.24, 2.45) is 0 Å². The summed E-state index contributed by atoms with van der Waals surface area (Å²) in [6, 6.07) is 18.5. The quantitative estimate of drug-likeness (QED) is 0.650. The van der Waals surface area contributed by atoms with Crippen LogP contribution in [0.25, 0.3) is 10.8 Å². The Hall–Kier alpha value is -3.18. The number of rotatable bonds is 5. The molecule has 5 heteroatoms. The molecule has 3 aromatic rings. The van der Waals surface area contributed by atoms with Gasteiger partial charge in [0, 0.05) is 35.0 Å². The number of nitrogens with zero attached hydrogens (tertiary/aromatic N) is 2. The van der Waals surface area contributed by atoms with Gasteiger partial charge >= 0.3 is 0 Å². The van der Waals surface area contributed by atoms with Gasteiger partial charge in [0.2, 0.25) is 0 Å². The van der Waals surface area contributed by atoms with E-state index in [1.165, 1.54) is 4.90 Å². The smallest absolute Gasteiger partial charge is 0.261 e. The van der Waals surface area contributed by atoms with Crippen LogP contribution in [-0.2, 0) is 0 Å².